The summed E-state index contributed by atoms with van der Waals surface area (Å²) in [7, 11) is 0. The van der Waals surface area contributed by atoms with Crippen molar-refractivity contribution in [3.8, 4) is 0 Å². The summed E-state index contributed by atoms with van der Waals surface area (Å²) in [6, 6.07) is 7.64. The molecule has 1 aliphatic rings. The zero-order chi connectivity index (χ0) is 18.2. The minimum atomic E-state index is -0.510. The summed E-state index contributed by atoms with van der Waals surface area (Å²) >= 11 is 0. The molecule has 2 amide bonds. The Kier molecular flexibility index (Phi) is 7.40. The van der Waals surface area contributed by atoms with Crippen LogP contribution in [0.15, 0.2) is 24.3 Å². The average Bonchev–Trinajstić information content (AvgIpc) is 2.59. The van der Waals surface area contributed by atoms with Crippen molar-refractivity contribution in [3.63, 3.8) is 0 Å². The lowest BCUT2D eigenvalue weighted by atomic mass is 10.0. The Hall–Kier alpha value is -1.92. The Morgan fingerprint density at radius 2 is 1.80 bits per heavy atom. The second kappa shape index (κ2) is 9.53. The Morgan fingerprint density at radius 3 is 2.40 bits per heavy atom. The van der Waals surface area contributed by atoms with E-state index in [2.05, 4.69) is 21.6 Å². The smallest absolute Gasteiger partial charge is 0.243 e. The number of amides is 2. The summed E-state index contributed by atoms with van der Waals surface area (Å²) in [5, 5.41) is 5.69. The molecule has 0 aromatic heterocycles. The molecule has 2 rings (SSSR count). The summed E-state index contributed by atoms with van der Waals surface area (Å²) in [5.41, 5.74) is 2.32. The quantitative estimate of drug-likeness (QED) is 0.780. The molecule has 0 aliphatic carbocycles. The predicted molar refractivity (Wildman–Crippen MR) is 96.8 cm³/mol. The van der Waals surface area contributed by atoms with Gasteiger partial charge in [-0.3, -0.25) is 14.5 Å². The van der Waals surface area contributed by atoms with Crippen LogP contribution in [0.3, 0.4) is 0 Å². The molecule has 0 bridgehead atoms. The van der Waals surface area contributed by atoms with Crippen LogP contribution in [0.1, 0.15) is 31.9 Å². The molecule has 138 valence electrons. The van der Waals surface area contributed by atoms with Gasteiger partial charge in [-0.15, -0.1) is 0 Å². The first-order valence-corrected chi connectivity index (χ1v) is 8.89. The van der Waals surface area contributed by atoms with Crippen LogP contribution in [-0.4, -0.2) is 49.1 Å². The van der Waals surface area contributed by atoms with E-state index >= 15 is 0 Å². The van der Waals surface area contributed by atoms with Gasteiger partial charge >= 0.3 is 0 Å². The molecule has 1 atom stereocenters. The number of hydrogen-bond acceptors (Lipinski definition) is 4. The Labute approximate surface area is 149 Å². The highest BCUT2D eigenvalue weighted by atomic mass is 16.5. The van der Waals surface area contributed by atoms with Gasteiger partial charge in [0.15, 0.2) is 0 Å². The number of hydrogen-bond donors (Lipinski definition) is 2. The lowest BCUT2D eigenvalue weighted by molar-refractivity contribution is -0.129. The molecule has 1 unspecified atom stereocenters. The van der Waals surface area contributed by atoms with Gasteiger partial charge in [0.1, 0.15) is 6.04 Å². The number of nitrogens with zero attached hydrogens (tertiary/aromatic N) is 1. The van der Waals surface area contributed by atoms with Crippen LogP contribution in [-0.2, 0) is 27.4 Å². The normalized spacial score (nSPS) is 16.5. The fraction of sp³-hybridized carbons (Fsp3) is 0.579. The fourth-order valence-electron chi connectivity index (χ4n) is 2.93. The van der Waals surface area contributed by atoms with E-state index in [1.165, 1.54) is 12.5 Å². The molecule has 1 aromatic carbocycles. The minimum Gasteiger partial charge on any atom is -0.379 e. The van der Waals surface area contributed by atoms with E-state index in [4.69, 9.17) is 4.74 Å². The van der Waals surface area contributed by atoms with Crippen molar-refractivity contribution < 1.29 is 14.3 Å². The van der Waals surface area contributed by atoms with Crippen molar-refractivity contribution in [1.29, 1.82) is 0 Å². The van der Waals surface area contributed by atoms with Gasteiger partial charge < -0.3 is 15.4 Å². The lowest BCUT2D eigenvalue weighted by Gasteiger charge is -2.27. The third kappa shape index (κ3) is 6.14. The number of morpholine rings is 1. The SMILES string of the molecule is CC(=O)NC(C(=O)NCc1ccccc1CN1CCOCC1)C(C)C. The second-order valence-electron chi connectivity index (χ2n) is 6.80. The predicted octanol–water partition coefficient (Wildman–Crippen LogP) is 1.30. The van der Waals surface area contributed by atoms with Crippen LogP contribution in [0.5, 0.6) is 0 Å². The van der Waals surface area contributed by atoms with Crippen LogP contribution in [0, 0.1) is 5.92 Å². The highest BCUT2D eigenvalue weighted by molar-refractivity contribution is 5.87. The molecule has 1 fully saturated rings. The van der Waals surface area contributed by atoms with Gasteiger partial charge in [0.2, 0.25) is 11.8 Å². The topological polar surface area (TPSA) is 70.7 Å². The maximum Gasteiger partial charge on any atom is 0.243 e. The number of rotatable bonds is 7. The zero-order valence-electron chi connectivity index (χ0n) is 15.4. The molecule has 1 heterocycles. The van der Waals surface area contributed by atoms with Crippen molar-refractivity contribution in [1.82, 2.24) is 15.5 Å². The van der Waals surface area contributed by atoms with E-state index in [1.54, 1.807) is 0 Å². The number of carbonyl (C=O) groups is 2. The van der Waals surface area contributed by atoms with Crippen molar-refractivity contribution in [2.24, 2.45) is 5.92 Å². The van der Waals surface area contributed by atoms with Gasteiger partial charge in [-0.2, -0.15) is 0 Å². The molecule has 6 nitrogen and oxygen atoms in total. The van der Waals surface area contributed by atoms with Gasteiger partial charge in [-0.05, 0) is 17.0 Å². The monoisotopic (exact) mass is 347 g/mol. The molecule has 6 heteroatoms. The summed E-state index contributed by atoms with van der Waals surface area (Å²) < 4.78 is 5.39. The van der Waals surface area contributed by atoms with Crippen LogP contribution >= 0.6 is 0 Å². The van der Waals surface area contributed by atoms with Gasteiger partial charge in [-0.1, -0.05) is 38.1 Å². The maximum atomic E-state index is 12.4. The zero-order valence-corrected chi connectivity index (χ0v) is 15.4. The first-order chi connectivity index (χ1) is 12.0. The van der Waals surface area contributed by atoms with Gasteiger partial charge in [0.25, 0.3) is 0 Å². The fourth-order valence-corrected chi connectivity index (χ4v) is 2.93. The van der Waals surface area contributed by atoms with E-state index in [0.29, 0.717) is 6.54 Å². The highest BCUT2D eigenvalue weighted by Gasteiger charge is 2.23. The first kappa shape index (κ1) is 19.4. The largest absolute Gasteiger partial charge is 0.379 e. The van der Waals surface area contributed by atoms with E-state index in [1.807, 2.05) is 32.0 Å². The summed E-state index contributed by atoms with van der Waals surface area (Å²) in [5.74, 6) is -0.305. The van der Waals surface area contributed by atoms with Crippen LogP contribution in [0.4, 0.5) is 0 Å². The van der Waals surface area contributed by atoms with Crippen molar-refractivity contribution in [2.75, 3.05) is 26.3 Å². The van der Waals surface area contributed by atoms with E-state index in [-0.39, 0.29) is 17.7 Å². The standard InChI is InChI=1S/C19H29N3O3/c1-14(2)18(21-15(3)23)19(24)20-12-16-6-4-5-7-17(16)13-22-8-10-25-11-9-22/h4-7,14,18H,8-13H2,1-3H3,(H,20,24)(H,21,23). The number of ether oxygens (including phenoxy) is 1. The third-order valence-electron chi connectivity index (χ3n) is 4.38. The maximum absolute atomic E-state index is 12.4. The molecule has 0 radical (unpaired) electrons. The third-order valence-corrected chi connectivity index (χ3v) is 4.38. The number of benzene rings is 1. The molecule has 1 aromatic rings. The average molecular weight is 347 g/mol. The van der Waals surface area contributed by atoms with Crippen LogP contribution in [0.25, 0.3) is 0 Å². The van der Waals surface area contributed by atoms with Crippen LogP contribution < -0.4 is 10.6 Å². The molecule has 0 spiro atoms. The van der Waals surface area contributed by atoms with Gasteiger partial charge in [0, 0.05) is 33.1 Å². The molecule has 2 N–H and O–H groups in total. The lowest BCUT2D eigenvalue weighted by Crippen LogP contribution is -2.48. The van der Waals surface area contributed by atoms with Gasteiger partial charge in [0.05, 0.1) is 13.2 Å². The molecule has 1 aliphatic heterocycles. The summed E-state index contributed by atoms with van der Waals surface area (Å²) in [6.45, 7) is 9.99. The molecule has 25 heavy (non-hydrogen) atoms. The minimum absolute atomic E-state index is 0.0347. The molecular formula is C19H29N3O3. The number of nitrogens with one attached hydrogen (secondary N) is 2. The Bertz CT molecular complexity index is 583. The van der Waals surface area contributed by atoms with Crippen LogP contribution in [0.2, 0.25) is 0 Å². The van der Waals surface area contributed by atoms with Crippen molar-refractivity contribution in [2.45, 2.75) is 39.9 Å². The van der Waals surface area contributed by atoms with Gasteiger partial charge in [-0.25, -0.2) is 0 Å². The first-order valence-electron chi connectivity index (χ1n) is 8.89. The summed E-state index contributed by atoms with van der Waals surface area (Å²) in [4.78, 5) is 26.1. The molecule has 1 saturated heterocycles. The molecule has 0 saturated carbocycles. The van der Waals surface area contributed by atoms with E-state index < -0.39 is 6.04 Å². The van der Waals surface area contributed by atoms with Crippen molar-refractivity contribution in [3.05, 3.63) is 35.4 Å². The Morgan fingerprint density at radius 1 is 1.16 bits per heavy atom. The van der Waals surface area contributed by atoms with Crippen molar-refractivity contribution >= 4 is 11.8 Å². The summed E-state index contributed by atoms with van der Waals surface area (Å²) in [6.07, 6.45) is 0. The van der Waals surface area contributed by atoms with E-state index in [9.17, 15) is 9.59 Å². The Balaban J connectivity index is 1.97. The number of carbonyl (C=O) groups excluding carboxylic acids is 2. The second-order valence-corrected chi connectivity index (χ2v) is 6.80. The highest BCUT2D eigenvalue weighted by Crippen LogP contribution is 2.13. The molecular weight excluding hydrogens is 318 g/mol. The van der Waals surface area contributed by atoms with E-state index in [0.717, 1.165) is 38.4 Å².